The predicted octanol–water partition coefficient (Wildman–Crippen LogP) is 8.78. The van der Waals surface area contributed by atoms with Gasteiger partial charge in [0.25, 0.3) is 17.4 Å². The summed E-state index contributed by atoms with van der Waals surface area (Å²) in [6, 6.07) is 27.2. The second kappa shape index (κ2) is 13.2. The molecule has 268 valence electrons. The number of ether oxygens (including phenoxy) is 1. The van der Waals surface area contributed by atoms with E-state index < -0.39 is 34.9 Å². The number of fused-ring (bicyclic) bond motifs is 1. The number of carbonyl (C=O) groups is 4. The van der Waals surface area contributed by atoms with E-state index in [0.717, 1.165) is 47.5 Å². The standard InChI is InChI=1S/C44H35N3O6S/c1-23(2)53-26-12-14-28(25-10-6-7-11-25)35(20-26)47-43(51)31-17-15-29-36-30(16-18-32(37(31)36)44(47)52)40(49)38(39(29)48)41-45-34-19-13-27(21-33(34)42(50)46-41)54-22-24-8-4-3-5-9-24/h3-5,8-9,12-21,23,25,38H,6-7,10-11,22H2,1-2H3,(H,45,46,50). The lowest BCUT2D eigenvalue weighted by molar-refractivity contribution is 0.0842. The minimum absolute atomic E-state index is 0.0486. The highest BCUT2D eigenvalue weighted by Gasteiger charge is 2.43. The molecule has 9 nitrogen and oxygen atoms in total. The van der Waals surface area contributed by atoms with Gasteiger partial charge in [-0.1, -0.05) is 49.2 Å². The molecule has 1 fully saturated rings. The number of ketones is 2. The van der Waals surface area contributed by atoms with Crippen molar-refractivity contribution < 1.29 is 23.9 Å². The van der Waals surface area contributed by atoms with Gasteiger partial charge in [-0.05, 0) is 92.3 Å². The molecule has 0 spiro atoms. The van der Waals surface area contributed by atoms with E-state index in [9.17, 15) is 24.0 Å². The molecule has 0 radical (unpaired) electrons. The summed E-state index contributed by atoms with van der Waals surface area (Å²) >= 11 is 1.59. The summed E-state index contributed by atoms with van der Waals surface area (Å²) in [4.78, 5) is 80.3. The van der Waals surface area contributed by atoms with Gasteiger partial charge in [-0.3, -0.25) is 24.0 Å². The Morgan fingerprint density at radius 2 is 1.43 bits per heavy atom. The third kappa shape index (κ3) is 5.55. The fourth-order valence-electron chi connectivity index (χ4n) is 8.24. The van der Waals surface area contributed by atoms with Crippen molar-refractivity contribution in [3.63, 3.8) is 0 Å². The molecule has 1 aromatic heterocycles. The van der Waals surface area contributed by atoms with Crippen LogP contribution < -0.4 is 15.2 Å². The molecule has 2 heterocycles. The van der Waals surface area contributed by atoms with Crippen LogP contribution in [0.2, 0.25) is 0 Å². The predicted molar refractivity (Wildman–Crippen MR) is 208 cm³/mol. The molecule has 0 unspecified atom stereocenters. The molecular weight excluding hydrogens is 699 g/mol. The lowest BCUT2D eigenvalue weighted by Crippen LogP contribution is -2.42. The summed E-state index contributed by atoms with van der Waals surface area (Å²) in [5, 5.41) is 0.910. The molecule has 0 bridgehead atoms. The summed E-state index contributed by atoms with van der Waals surface area (Å²) in [5.74, 6) is -2.13. The van der Waals surface area contributed by atoms with Crippen LogP contribution in [0.3, 0.4) is 0 Å². The molecule has 1 saturated carbocycles. The number of amides is 2. The van der Waals surface area contributed by atoms with Crippen LogP contribution in [0.25, 0.3) is 21.7 Å². The number of hydrogen-bond acceptors (Lipinski definition) is 8. The molecule has 6 aromatic rings. The van der Waals surface area contributed by atoms with E-state index in [-0.39, 0.29) is 50.9 Å². The number of thioether (sulfide) groups is 1. The van der Waals surface area contributed by atoms with Gasteiger partial charge in [-0.15, -0.1) is 11.8 Å². The average molecular weight is 734 g/mol. The second-order valence-corrected chi connectivity index (χ2v) is 15.5. The van der Waals surface area contributed by atoms with Crippen molar-refractivity contribution >= 4 is 62.5 Å². The summed E-state index contributed by atoms with van der Waals surface area (Å²) in [5.41, 5.74) is 3.33. The average Bonchev–Trinajstić information content (AvgIpc) is 3.71. The molecule has 9 rings (SSSR count). The van der Waals surface area contributed by atoms with Crippen LogP contribution in [-0.2, 0) is 5.75 Å². The van der Waals surface area contributed by atoms with Gasteiger partial charge >= 0.3 is 0 Å². The molecule has 10 heteroatoms. The number of nitrogens with zero attached hydrogens (tertiary/aromatic N) is 2. The zero-order valence-corrected chi connectivity index (χ0v) is 30.5. The highest BCUT2D eigenvalue weighted by atomic mass is 32.2. The van der Waals surface area contributed by atoms with Crippen LogP contribution in [0.1, 0.15) is 110 Å². The first-order valence-electron chi connectivity index (χ1n) is 18.3. The molecule has 0 atom stereocenters. The van der Waals surface area contributed by atoms with Gasteiger partial charge < -0.3 is 9.72 Å². The van der Waals surface area contributed by atoms with Crippen molar-refractivity contribution in [1.29, 1.82) is 0 Å². The Labute approximate surface area is 314 Å². The van der Waals surface area contributed by atoms with Crippen LogP contribution >= 0.6 is 11.8 Å². The number of H-pyrrole nitrogens is 1. The second-order valence-electron chi connectivity index (χ2n) is 14.5. The first-order valence-corrected chi connectivity index (χ1v) is 19.2. The maximum Gasteiger partial charge on any atom is 0.265 e. The van der Waals surface area contributed by atoms with Gasteiger partial charge in [0.1, 0.15) is 17.5 Å². The van der Waals surface area contributed by atoms with Gasteiger partial charge in [0.2, 0.25) is 0 Å². The van der Waals surface area contributed by atoms with Gasteiger partial charge in [-0.25, -0.2) is 9.88 Å². The minimum Gasteiger partial charge on any atom is -0.491 e. The van der Waals surface area contributed by atoms with E-state index in [4.69, 9.17) is 4.74 Å². The minimum atomic E-state index is -1.40. The number of nitrogens with one attached hydrogen (secondary N) is 1. The van der Waals surface area contributed by atoms with E-state index in [0.29, 0.717) is 22.3 Å². The van der Waals surface area contributed by atoms with Gasteiger partial charge in [0.15, 0.2) is 11.6 Å². The Balaban J connectivity index is 1.08. The normalized spacial score (nSPS) is 16.0. The number of Topliss-reactive ketones (excluding diaryl/α,β-unsaturated/α-hetero) is 2. The van der Waals surface area contributed by atoms with E-state index in [1.165, 1.54) is 4.90 Å². The van der Waals surface area contributed by atoms with E-state index >= 15 is 0 Å². The van der Waals surface area contributed by atoms with E-state index in [1.54, 1.807) is 54.2 Å². The summed E-state index contributed by atoms with van der Waals surface area (Å²) < 4.78 is 5.99. The molecule has 3 aliphatic rings. The molecule has 2 amide bonds. The summed E-state index contributed by atoms with van der Waals surface area (Å²) in [6.07, 6.45) is 3.97. The van der Waals surface area contributed by atoms with E-state index in [2.05, 4.69) is 9.97 Å². The molecular formula is C44H35N3O6S. The quantitative estimate of drug-likeness (QED) is 0.0935. The lowest BCUT2D eigenvalue weighted by Gasteiger charge is -2.32. The van der Waals surface area contributed by atoms with Gasteiger partial charge in [0.05, 0.1) is 22.7 Å². The Morgan fingerprint density at radius 1 is 0.778 bits per heavy atom. The largest absolute Gasteiger partial charge is 0.491 e. The first kappa shape index (κ1) is 33.9. The Bertz CT molecular complexity index is 2570. The van der Waals surface area contributed by atoms with Crippen molar-refractivity contribution in [2.24, 2.45) is 0 Å². The van der Waals surface area contributed by atoms with Crippen molar-refractivity contribution in [1.82, 2.24) is 9.97 Å². The number of carbonyl (C=O) groups excluding carboxylic acids is 4. The first-order chi connectivity index (χ1) is 26.2. The van der Waals surface area contributed by atoms with Crippen molar-refractivity contribution in [3.05, 3.63) is 141 Å². The van der Waals surface area contributed by atoms with Crippen LogP contribution in [0.5, 0.6) is 5.75 Å². The zero-order valence-electron chi connectivity index (χ0n) is 29.7. The van der Waals surface area contributed by atoms with E-state index in [1.807, 2.05) is 62.4 Å². The van der Waals surface area contributed by atoms with Crippen LogP contribution in [0.4, 0.5) is 5.69 Å². The number of imide groups is 1. The smallest absolute Gasteiger partial charge is 0.265 e. The fraction of sp³-hybridized carbons (Fsp3) is 0.227. The number of hydrogen-bond donors (Lipinski definition) is 1. The number of aromatic amines is 1. The van der Waals surface area contributed by atoms with Crippen molar-refractivity contribution in [2.45, 2.75) is 68.1 Å². The Hall–Kier alpha value is -5.87. The molecule has 54 heavy (non-hydrogen) atoms. The SMILES string of the molecule is CC(C)Oc1ccc(C2CCCC2)c(N2C(=O)c3ccc4c5c(ccc(c35)C2=O)C(=O)C(c2nc3ccc(SCc5ccccc5)cc3c(=O)[nH]2)C4=O)c1. The third-order valence-electron chi connectivity index (χ3n) is 10.7. The topological polar surface area (TPSA) is 126 Å². The van der Waals surface area contributed by atoms with Gasteiger partial charge in [-0.2, -0.15) is 0 Å². The number of anilines is 1. The highest BCUT2D eigenvalue weighted by Crippen LogP contribution is 2.45. The third-order valence-corrected chi connectivity index (χ3v) is 11.8. The van der Waals surface area contributed by atoms with Crippen molar-refractivity contribution in [3.8, 4) is 5.75 Å². The monoisotopic (exact) mass is 733 g/mol. The number of aromatic nitrogens is 2. The molecule has 0 saturated heterocycles. The Kier molecular flexibility index (Phi) is 8.30. The van der Waals surface area contributed by atoms with Crippen LogP contribution in [0, 0.1) is 0 Å². The maximum atomic E-state index is 14.4. The molecule has 1 aliphatic heterocycles. The number of benzene rings is 5. The summed E-state index contributed by atoms with van der Waals surface area (Å²) in [7, 11) is 0. The summed E-state index contributed by atoms with van der Waals surface area (Å²) in [6.45, 7) is 3.84. The maximum absolute atomic E-state index is 14.4. The van der Waals surface area contributed by atoms with Crippen molar-refractivity contribution in [2.75, 3.05) is 4.90 Å². The molecule has 5 aromatic carbocycles. The molecule has 1 N–H and O–H groups in total. The zero-order chi connectivity index (χ0) is 37.2. The highest BCUT2D eigenvalue weighted by molar-refractivity contribution is 7.98. The fourth-order valence-corrected chi connectivity index (χ4v) is 9.13. The van der Waals surface area contributed by atoms with Crippen LogP contribution in [0.15, 0.2) is 101 Å². The lowest BCUT2D eigenvalue weighted by atomic mass is 9.76. The Morgan fingerprint density at radius 3 is 2.09 bits per heavy atom. The number of rotatable bonds is 8. The van der Waals surface area contributed by atoms with Gasteiger partial charge in [0, 0.05) is 49.7 Å². The van der Waals surface area contributed by atoms with Crippen LogP contribution in [-0.4, -0.2) is 39.5 Å². The molecule has 2 aliphatic carbocycles.